The Hall–Kier alpha value is -2.94. The Bertz CT molecular complexity index is 1110. The summed E-state index contributed by atoms with van der Waals surface area (Å²) in [6.07, 6.45) is -1.08. The van der Waals surface area contributed by atoms with Crippen LogP contribution in [0.2, 0.25) is 5.02 Å². The molecule has 0 radical (unpaired) electrons. The van der Waals surface area contributed by atoms with Crippen molar-refractivity contribution in [3.8, 4) is 11.1 Å². The lowest BCUT2D eigenvalue weighted by molar-refractivity contribution is -0.156. The highest BCUT2D eigenvalue weighted by molar-refractivity contribution is 6.30. The second-order valence-corrected chi connectivity index (χ2v) is 7.51. The molecule has 164 valence electrons. The van der Waals surface area contributed by atoms with E-state index in [4.69, 9.17) is 26.5 Å². The Balaban J connectivity index is 1.53. The van der Waals surface area contributed by atoms with E-state index in [0.29, 0.717) is 22.6 Å². The molecular formula is C22H21ClFNO6. The van der Waals surface area contributed by atoms with Crippen LogP contribution in [0.1, 0.15) is 23.5 Å². The van der Waals surface area contributed by atoms with E-state index in [2.05, 4.69) is 4.42 Å². The Morgan fingerprint density at radius 1 is 1.23 bits per heavy atom. The van der Waals surface area contributed by atoms with E-state index < -0.39 is 23.9 Å². The number of carbonyl (C=O) groups is 1. The average Bonchev–Trinajstić information content (AvgIpc) is 3.05. The Labute approximate surface area is 182 Å². The molecule has 0 saturated carbocycles. The number of ether oxygens (including phenoxy) is 1. The van der Waals surface area contributed by atoms with Crippen molar-refractivity contribution in [2.45, 2.75) is 38.5 Å². The first-order valence-corrected chi connectivity index (χ1v) is 9.84. The lowest BCUT2D eigenvalue weighted by Crippen LogP contribution is -2.33. The quantitative estimate of drug-likeness (QED) is 0.506. The molecule has 0 aliphatic heterocycles. The molecule has 0 bridgehead atoms. The van der Waals surface area contributed by atoms with Crippen LogP contribution in [0.3, 0.4) is 0 Å². The molecule has 0 aliphatic rings. The van der Waals surface area contributed by atoms with Crippen molar-refractivity contribution in [3.63, 3.8) is 0 Å². The number of aryl methyl sites for hydroxylation is 1. The molecule has 31 heavy (non-hydrogen) atoms. The van der Waals surface area contributed by atoms with Gasteiger partial charge in [-0.1, -0.05) is 35.9 Å². The van der Waals surface area contributed by atoms with E-state index in [1.54, 1.807) is 30.3 Å². The summed E-state index contributed by atoms with van der Waals surface area (Å²) in [6.45, 7) is 1.16. The summed E-state index contributed by atoms with van der Waals surface area (Å²) in [5.41, 5.74) is 7.97. The fourth-order valence-corrected chi connectivity index (χ4v) is 3.22. The van der Waals surface area contributed by atoms with Crippen molar-refractivity contribution in [2.75, 3.05) is 0 Å². The number of rotatable bonds is 8. The lowest BCUT2D eigenvalue weighted by atomic mass is 9.98. The Kier molecular flexibility index (Phi) is 7.27. The van der Waals surface area contributed by atoms with Gasteiger partial charge in [-0.3, -0.25) is 0 Å². The molecule has 3 rings (SSSR count). The lowest BCUT2D eigenvalue weighted by Gasteiger charge is -2.16. The standard InChI is InChI=1S/C22H21ClFNO6/c1-12-20(31-22(28)30-12)11-29-21(27)19(26)10-16(25)8-13-2-4-14(5-3-13)17-9-15(23)6-7-18(17)24/h2-7,9,16,19,26H,8,10-11,25H2,1H3. The highest BCUT2D eigenvalue weighted by Gasteiger charge is 2.22. The average molecular weight is 450 g/mol. The van der Waals surface area contributed by atoms with Crippen LogP contribution in [-0.2, 0) is 22.6 Å². The van der Waals surface area contributed by atoms with Crippen LogP contribution in [0.25, 0.3) is 11.1 Å². The fraction of sp³-hybridized carbons (Fsp3) is 0.273. The Morgan fingerprint density at radius 3 is 2.58 bits per heavy atom. The molecule has 0 amide bonds. The van der Waals surface area contributed by atoms with Crippen molar-refractivity contribution < 1.29 is 27.9 Å². The SMILES string of the molecule is Cc1oc(=O)oc1COC(=O)C(O)CC(N)Cc1ccc(-c2cc(Cl)ccc2F)cc1. The minimum absolute atomic E-state index is 0.0299. The van der Waals surface area contributed by atoms with Gasteiger partial charge in [0.05, 0.1) is 0 Å². The van der Waals surface area contributed by atoms with Gasteiger partial charge < -0.3 is 24.4 Å². The van der Waals surface area contributed by atoms with Crippen LogP contribution >= 0.6 is 11.6 Å². The number of halogens is 2. The summed E-state index contributed by atoms with van der Waals surface area (Å²) in [4.78, 5) is 22.9. The van der Waals surface area contributed by atoms with Crippen LogP contribution in [0.15, 0.2) is 56.1 Å². The molecule has 2 unspecified atom stereocenters. The minimum atomic E-state index is -1.44. The summed E-state index contributed by atoms with van der Waals surface area (Å²) in [7, 11) is 0. The number of hydrogen-bond donors (Lipinski definition) is 2. The van der Waals surface area contributed by atoms with Crippen LogP contribution in [0, 0.1) is 12.7 Å². The van der Waals surface area contributed by atoms with Crippen molar-refractivity contribution in [1.82, 2.24) is 0 Å². The zero-order valence-electron chi connectivity index (χ0n) is 16.6. The fourth-order valence-electron chi connectivity index (χ4n) is 3.05. The maximum atomic E-state index is 14.0. The predicted octanol–water partition coefficient (Wildman–Crippen LogP) is 3.36. The van der Waals surface area contributed by atoms with Gasteiger partial charge in [0.15, 0.2) is 24.2 Å². The Morgan fingerprint density at radius 2 is 1.94 bits per heavy atom. The zero-order valence-corrected chi connectivity index (χ0v) is 17.4. The van der Waals surface area contributed by atoms with E-state index in [0.717, 1.165) is 5.56 Å². The molecule has 7 nitrogen and oxygen atoms in total. The van der Waals surface area contributed by atoms with Gasteiger partial charge in [0.25, 0.3) is 0 Å². The summed E-state index contributed by atoms with van der Waals surface area (Å²) in [5, 5.41) is 10.5. The van der Waals surface area contributed by atoms with Gasteiger partial charge in [0.1, 0.15) is 5.82 Å². The smallest absolute Gasteiger partial charge is 0.455 e. The van der Waals surface area contributed by atoms with Gasteiger partial charge >= 0.3 is 11.8 Å². The number of nitrogens with two attached hydrogens (primary N) is 1. The van der Waals surface area contributed by atoms with Gasteiger partial charge in [-0.2, -0.15) is 0 Å². The highest BCUT2D eigenvalue weighted by atomic mass is 35.5. The number of aliphatic hydroxyl groups excluding tert-OH is 1. The molecule has 3 aromatic rings. The monoisotopic (exact) mass is 449 g/mol. The van der Waals surface area contributed by atoms with Gasteiger partial charge in [0, 0.05) is 16.6 Å². The molecule has 1 heterocycles. The van der Waals surface area contributed by atoms with Crippen molar-refractivity contribution in [2.24, 2.45) is 5.73 Å². The van der Waals surface area contributed by atoms with E-state index in [1.807, 2.05) is 0 Å². The number of esters is 1. The normalized spacial score (nSPS) is 13.1. The van der Waals surface area contributed by atoms with E-state index in [-0.39, 0.29) is 30.4 Å². The molecule has 2 aromatic carbocycles. The largest absolute Gasteiger partial charge is 0.519 e. The van der Waals surface area contributed by atoms with Crippen LogP contribution in [0.4, 0.5) is 4.39 Å². The summed E-state index contributed by atoms with van der Waals surface area (Å²) >= 11 is 5.94. The third kappa shape index (κ3) is 6.04. The summed E-state index contributed by atoms with van der Waals surface area (Å²) in [6, 6.07) is 10.9. The van der Waals surface area contributed by atoms with E-state index >= 15 is 0 Å². The maximum Gasteiger partial charge on any atom is 0.519 e. The number of benzene rings is 2. The highest BCUT2D eigenvalue weighted by Crippen LogP contribution is 2.26. The zero-order chi connectivity index (χ0) is 22.5. The number of aliphatic hydroxyl groups is 1. The molecule has 0 fully saturated rings. The molecule has 0 aliphatic carbocycles. The first-order valence-electron chi connectivity index (χ1n) is 9.47. The molecule has 0 saturated heterocycles. The van der Waals surface area contributed by atoms with E-state index in [9.17, 15) is 19.1 Å². The van der Waals surface area contributed by atoms with Crippen molar-refractivity contribution in [1.29, 1.82) is 0 Å². The molecule has 1 aromatic heterocycles. The van der Waals surface area contributed by atoms with Crippen molar-refractivity contribution in [3.05, 3.63) is 81.0 Å². The first-order chi connectivity index (χ1) is 14.7. The van der Waals surface area contributed by atoms with Gasteiger partial charge in [-0.05, 0) is 49.1 Å². The molecule has 3 N–H and O–H groups in total. The van der Waals surface area contributed by atoms with Crippen molar-refractivity contribution >= 4 is 17.6 Å². The third-order valence-corrected chi connectivity index (χ3v) is 4.91. The minimum Gasteiger partial charge on any atom is -0.455 e. The third-order valence-electron chi connectivity index (χ3n) is 4.67. The van der Waals surface area contributed by atoms with Crippen LogP contribution in [-0.4, -0.2) is 23.2 Å². The van der Waals surface area contributed by atoms with E-state index in [1.165, 1.54) is 19.1 Å². The van der Waals surface area contributed by atoms with Crippen LogP contribution in [0.5, 0.6) is 0 Å². The number of carbonyl (C=O) groups excluding carboxylic acids is 1. The van der Waals surface area contributed by atoms with Gasteiger partial charge in [-0.15, -0.1) is 0 Å². The topological polar surface area (TPSA) is 116 Å². The van der Waals surface area contributed by atoms with Gasteiger partial charge in [-0.25, -0.2) is 14.0 Å². The second-order valence-electron chi connectivity index (χ2n) is 7.08. The predicted molar refractivity (Wildman–Crippen MR) is 111 cm³/mol. The molecular weight excluding hydrogens is 429 g/mol. The van der Waals surface area contributed by atoms with Gasteiger partial charge in [0.2, 0.25) is 0 Å². The first kappa shape index (κ1) is 22.7. The maximum absolute atomic E-state index is 14.0. The number of hydrogen-bond acceptors (Lipinski definition) is 7. The molecule has 2 atom stereocenters. The summed E-state index contributed by atoms with van der Waals surface area (Å²) < 4.78 is 28.3. The molecule has 9 heteroatoms. The summed E-state index contributed by atoms with van der Waals surface area (Å²) in [5.74, 6) is -1.88. The molecule has 0 spiro atoms. The van der Waals surface area contributed by atoms with Crippen LogP contribution < -0.4 is 11.6 Å². The second kappa shape index (κ2) is 9.91.